The summed E-state index contributed by atoms with van der Waals surface area (Å²) < 4.78 is 29.4. The molecule has 0 radical (unpaired) electrons. The number of ketones is 3. The average molecular weight is 914 g/mol. The first-order valence-corrected chi connectivity index (χ1v) is 23.9. The van der Waals surface area contributed by atoms with E-state index in [0.717, 1.165) is 12.0 Å². The molecule has 3 N–H and O–H groups in total. The minimum Gasteiger partial charge on any atom is -0.460 e. The second kappa shape index (κ2) is 25.1. The van der Waals surface area contributed by atoms with Crippen molar-refractivity contribution in [2.75, 3.05) is 27.9 Å². The Labute approximate surface area is 387 Å². The largest absolute Gasteiger partial charge is 0.460 e. The standard InChI is InChI=1S/C51H79NO13/c1-30-16-12-11-13-17-31(2)42(61-8)28-38-21-19-36(7)51(60,65-38)48(57)49(58)52-23-15-14-18-39(52)50(59)64-43(33(4)26-37-20-22-40(53)44(27-37)62-9)29-41(54)32(3)25-35(6)46(56)47(63-10)45(55)34(5)24-30/h11-13,16-17,25,30,32-34,36-40,42-44,46-47,53,56,60H,14-15,18-24,26-29H2,1-10H3/b13-11?,16-12+,31-17?,35-25+/t30-,32?,33-,34-,36-,37+,38+,39+,40-,42?,43+,44-,46-,47+,51-/m1/s1. The van der Waals surface area contributed by atoms with Gasteiger partial charge in [0.15, 0.2) is 5.78 Å². The number of carbonyl (C=O) groups is 5. The van der Waals surface area contributed by atoms with Crippen LogP contribution in [0.25, 0.3) is 0 Å². The van der Waals surface area contributed by atoms with E-state index in [0.29, 0.717) is 63.4 Å². The number of nitrogens with zero attached hydrogens (tertiary/aromatic N) is 1. The molecule has 0 aromatic carbocycles. The minimum atomic E-state index is -2.43. The number of methoxy groups -OCH3 is 3. The zero-order chi connectivity index (χ0) is 48.2. The van der Waals surface area contributed by atoms with E-state index in [2.05, 4.69) is 0 Å². The zero-order valence-electron chi connectivity index (χ0n) is 40.6. The molecule has 4 rings (SSSR count). The van der Waals surface area contributed by atoms with Crippen LogP contribution < -0.4 is 0 Å². The van der Waals surface area contributed by atoms with Crippen LogP contribution in [-0.2, 0) is 47.7 Å². The Morgan fingerprint density at radius 2 is 1.57 bits per heavy atom. The lowest BCUT2D eigenvalue weighted by Crippen LogP contribution is -2.61. The van der Waals surface area contributed by atoms with E-state index < -0.39 is 83.9 Å². The van der Waals surface area contributed by atoms with Crippen molar-refractivity contribution in [1.29, 1.82) is 0 Å². The number of hydrogen-bond donors (Lipinski definition) is 3. The highest BCUT2D eigenvalue weighted by molar-refractivity contribution is 6.39. The Morgan fingerprint density at radius 1 is 0.846 bits per heavy atom. The quantitative estimate of drug-likeness (QED) is 0.156. The van der Waals surface area contributed by atoms with Gasteiger partial charge in [-0.3, -0.25) is 19.2 Å². The lowest BCUT2D eigenvalue weighted by molar-refractivity contribution is -0.265. The zero-order valence-corrected chi connectivity index (χ0v) is 40.6. The topological polar surface area (TPSA) is 195 Å². The molecule has 14 heteroatoms. The van der Waals surface area contributed by atoms with Crippen molar-refractivity contribution in [3.63, 3.8) is 0 Å². The molecule has 14 nitrogen and oxygen atoms in total. The molecular formula is C51H79NO13. The molecule has 3 aliphatic heterocycles. The molecule has 0 spiro atoms. The maximum Gasteiger partial charge on any atom is 0.329 e. The molecular weight excluding hydrogens is 835 g/mol. The molecule has 3 heterocycles. The monoisotopic (exact) mass is 914 g/mol. The molecule has 1 amide bonds. The van der Waals surface area contributed by atoms with Crippen LogP contribution in [0.5, 0.6) is 0 Å². The number of esters is 1. The number of fused-ring (bicyclic) bond motifs is 3. The Kier molecular flexibility index (Phi) is 21.0. The molecule has 2 bridgehead atoms. The van der Waals surface area contributed by atoms with Crippen LogP contribution >= 0.6 is 0 Å². The minimum absolute atomic E-state index is 0.0193. The first kappa shape index (κ1) is 54.2. The van der Waals surface area contributed by atoms with Gasteiger partial charge in [0, 0.05) is 58.5 Å². The number of Topliss-reactive ketones (excluding diaryl/α,β-unsaturated/α-hetero) is 3. The third-order valence-electron chi connectivity index (χ3n) is 14.5. The molecule has 0 aromatic heterocycles. The van der Waals surface area contributed by atoms with Crippen molar-refractivity contribution < 1.29 is 63.0 Å². The van der Waals surface area contributed by atoms with Crippen LogP contribution in [0.15, 0.2) is 47.6 Å². The summed E-state index contributed by atoms with van der Waals surface area (Å²) in [4.78, 5) is 71.8. The predicted octanol–water partition coefficient (Wildman–Crippen LogP) is 6.18. The third-order valence-corrected chi connectivity index (χ3v) is 14.5. The summed E-state index contributed by atoms with van der Waals surface area (Å²) in [6.07, 6.45) is 11.2. The summed E-state index contributed by atoms with van der Waals surface area (Å²) in [5.41, 5.74) is 1.27. The van der Waals surface area contributed by atoms with Gasteiger partial charge in [-0.15, -0.1) is 0 Å². The van der Waals surface area contributed by atoms with Crippen LogP contribution in [0, 0.1) is 35.5 Å². The fourth-order valence-electron chi connectivity index (χ4n) is 10.1. The summed E-state index contributed by atoms with van der Waals surface area (Å²) in [5, 5.41) is 33.8. The van der Waals surface area contributed by atoms with E-state index in [1.165, 1.54) is 12.0 Å². The van der Waals surface area contributed by atoms with Gasteiger partial charge in [0.25, 0.3) is 11.7 Å². The lowest BCUT2D eigenvalue weighted by atomic mass is 9.78. The molecule has 2 saturated heterocycles. The molecule has 366 valence electrons. The van der Waals surface area contributed by atoms with E-state index >= 15 is 0 Å². The number of ether oxygens (including phenoxy) is 5. The van der Waals surface area contributed by atoms with Crippen molar-refractivity contribution in [2.45, 2.75) is 180 Å². The molecule has 2 unspecified atom stereocenters. The summed E-state index contributed by atoms with van der Waals surface area (Å²) in [7, 11) is 4.52. The van der Waals surface area contributed by atoms with E-state index in [1.54, 1.807) is 41.1 Å². The predicted molar refractivity (Wildman–Crippen MR) is 245 cm³/mol. The van der Waals surface area contributed by atoms with E-state index in [-0.39, 0.29) is 54.8 Å². The maximum atomic E-state index is 14.4. The van der Waals surface area contributed by atoms with Crippen LogP contribution in [-0.4, -0.2) is 132 Å². The number of cyclic esters (lactones) is 1. The van der Waals surface area contributed by atoms with Crippen molar-refractivity contribution in [2.24, 2.45) is 35.5 Å². The number of hydrogen-bond acceptors (Lipinski definition) is 13. The van der Waals surface area contributed by atoms with Gasteiger partial charge in [-0.2, -0.15) is 0 Å². The number of amides is 1. The van der Waals surface area contributed by atoms with Gasteiger partial charge in [-0.25, -0.2) is 4.79 Å². The number of allylic oxidation sites excluding steroid dienone is 6. The summed E-state index contributed by atoms with van der Waals surface area (Å²) in [5.74, 6) is -7.96. The Hall–Kier alpha value is -3.37. The van der Waals surface area contributed by atoms with Gasteiger partial charge < -0.3 is 43.9 Å². The molecule has 4 aliphatic rings. The van der Waals surface area contributed by atoms with Crippen LogP contribution in [0.3, 0.4) is 0 Å². The second-order valence-electron chi connectivity index (χ2n) is 19.6. The van der Waals surface area contributed by atoms with Crippen LogP contribution in [0.4, 0.5) is 0 Å². The number of carbonyl (C=O) groups excluding carboxylic acids is 5. The highest BCUT2D eigenvalue weighted by Crippen LogP contribution is 2.38. The Bertz CT molecular complexity index is 1760. The number of piperidine rings is 1. The van der Waals surface area contributed by atoms with Crippen molar-refractivity contribution in [3.8, 4) is 0 Å². The maximum absolute atomic E-state index is 14.4. The van der Waals surface area contributed by atoms with E-state index in [1.807, 2.05) is 58.1 Å². The first-order chi connectivity index (χ1) is 30.7. The fourth-order valence-corrected chi connectivity index (χ4v) is 10.1. The van der Waals surface area contributed by atoms with E-state index in [4.69, 9.17) is 23.7 Å². The first-order valence-electron chi connectivity index (χ1n) is 23.9. The van der Waals surface area contributed by atoms with Crippen molar-refractivity contribution in [1.82, 2.24) is 4.90 Å². The normalized spacial score (nSPS) is 39.1. The summed E-state index contributed by atoms with van der Waals surface area (Å²) >= 11 is 0. The number of aliphatic hydroxyl groups is 3. The van der Waals surface area contributed by atoms with Crippen LogP contribution in [0.1, 0.15) is 126 Å². The Balaban J connectivity index is 1.70. The highest BCUT2D eigenvalue weighted by Gasteiger charge is 2.53. The Morgan fingerprint density at radius 3 is 2.25 bits per heavy atom. The van der Waals surface area contributed by atoms with Gasteiger partial charge in [-0.05, 0) is 107 Å². The molecule has 1 saturated carbocycles. The third kappa shape index (κ3) is 14.3. The molecule has 0 aromatic rings. The van der Waals surface area contributed by atoms with Crippen molar-refractivity contribution in [3.05, 3.63) is 47.6 Å². The molecule has 1 aliphatic carbocycles. The van der Waals surface area contributed by atoms with Gasteiger partial charge in [0.2, 0.25) is 5.79 Å². The van der Waals surface area contributed by atoms with Crippen LogP contribution in [0.2, 0.25) is 0 Å². The average Bonchev–Trinajstić information content (AvgIpc) is 3.28. The summed E-state index contributed by atoms with van der Waals surface area (Å²) in [6, 6.07) is -1.14. The molecule has 65 heavy (non-hydrogen) atoms. The van der Waals surface area contributed by atoms with Gasteiger partial charge in [-0.1, -0.05) is 71.1 Å². The van der Waals surface area contributed by atoms with Crippen molar-refractivity contribution >= 4 is 29.2 Å². The smallest absolute Gasteiger partial charge is 0.329 e. The van der Waals surface area contributed by atoms with Gasteiger partial charge in [0.1, 0.15) is 30.1 Å². The molecule has 3 fully saturated rings. The second-order valence-corrected chi connectivity index (χ2v) is 19.6. The summed E-state index contributed by atoms with van der Waals surface area (Å²) in [6.45, 7) is 12.7. The highest BCUT2D eigenvalue weighted by atomic mass is 16.6. The van der Waals surface area contributed by atoms with Gasteiger partial charge in [0.05, 0.1) is 24.4 Å². The number of rotatable bonds is 6. The fraction of sp³-hybridized carbons (Fsp3) is 0.745. The molecule has 15 atom stereocenters. The number of aliphatic hydroxyl groups excluding tert-OH is 2. The van der Waals surface area contributed by atoms with Gasteiger partial charge >= 0.3 is 5.97 Å². The van der Waals surface area contributed by atoms with E-state index in [9.17, 15) is 39.3 Å². The SMILES string of the molecule is COC1C[C@@H]2CC[C@@H](C)[C@@](O)(O2)C(=O)C(=O)N2CCCC[C@H]2C(=O)O[C@H]([C@H](C)C[C@@H]2CC[C@@H](O)[C@H](OC)C2)CC(=O)C(C)/C=C(\C)[C@@H](O)[C@@H](OC)C(=O)[C@H](C)C[C@H](C)/C=C/C=CC=C1C. The lowest BCUT2D eigenvalue weighted by Gasteiger charge is -2.42.